The van der Waals surface area contributed by atoms with Crippen LogP contribution in [0.3, 0.4) is 0 Å². The number of rotatable bonds is 4. The molecule has 19 heavy (non-hydrogen) atoms. The van der Waals surface area contributed by atoms with Gasteiger partial charge in [-0.1, -0.05) is 19.9 Å². The number of amides is 1. The maximum absolute atomic E-state index is 11.8. The topological polar surface area (TPSA) is 69.2 Å². The van der Waals surface area contributed by atoms with Crippen LogP contribution >= 0.6 is 0 Å². The van der Waals surface area contributed by atoms with Crippen molar-refractivity contribution in [2.24, 2.45) is 11.8 Å². The summed E-state index contributed by atoms with van der Waals surface area (Å²) in [7, 11) is 0. The van der Waals surface area contributed by atoms with E-state index in [-0.39, 0.29) is 5.91 Å². The molecular formula is C15H18NO3-. The van der Waals surface area contributed by atoms with E-state index in [1.807, 2.05) is 25.1 Å². The molecule has 2 atom stereocenters. The first kappa shape index (κ1) is 13.6. The second-order valence-corrected chi connectivity index (χ2v) is 5.48. The van der Waals surface area contributed by atoms with Gasteiger partial charge in [-0.2, -0.15) is 0 Å². The van der Waals surface area contributed by atoms with Gasteiger partial charge in [0.05, 0.1) is 0 Å². The van der Waals surface area contributed by atoms with E-state index in [9.17, 15) is 14.7 Å². The van der Waals surface area contributed by atoms with Gasteiger partial charge in [-0.3, -0.25) is 4.79 Å². The maximum Gasteiger partial charge on any atom is 0.228 e. The van der Waals surface area contributed by atoms with Crippen molar-refractivity contribution < 1.29 is 14.7 Å². The van der Waals surface area contributed by atoms with Crippen LogP contribution in [-0.4, -0.2) is 11.9 Å². The molecule has 0 aliphatic heterocycles. The van der Waals surface area contributed by atoms with Crippen molar-refractivity contribution in [1.29, 1.82) is 0 Å². The first-order valence-electron chi connectivity index (χ1n) is 6.52. The van der Waals surface area contributed by atoms with Gasteiger partial charge in [0.25, 0.3) is 0 Å². The van der Waals surface area contributed by atoms with Crippen LogP contribution in [-0.2, 0) is 9.59 Å². The van der Waals surface area contributed by atoms with E-state index in [1.165, 1.54) is 5.56 Å². The quantitative estimate of drug-likeness (QED) is 0.890. The first-order chi connectivity index (χ1) is 8.90. The van der Waals surface area contributed by atoms with Crippen LogP contribution in [0.5, 0.6) is 0 Å². The molecule has 1 aliphatic rings. The van der Waals surface area contributed by atoms with E-state index in [2.05, 4.69) is 19.2 Å². The lowest BCUT2D eigenvalue weighted by Gasteiger charge is -2.12. The Balaban J connectivity index is 2.02. The normalized spacial score (nSPS) is 21.3. The molecule has 1 aliphatic carbocycles. The minimum atomic E-state index is -1.13. The van der Waals surface area contributed by atoms with E-state index in [0.29, 0.717) is 12.3 Å². The van der Waals surface area contributed by atoms with Crippen LogP contribution in [0.25, 0.3) is 0 Å². The summed E-state index contributed by atoms with van der Waals surface area (Å²) < 4.78 is 0. The molecule has 1 aromatic carbocycles. The zero-order valence-electron chi connectivity index (χ0n) is 11.4. The number of carboxylic acid groups (broad SMARTS) is 1. The summed E-state index contributed by atoms with van der Waals surface area (Å²) in [4.78, 5) is 22.4. The van der Waals surface area contributed by atoms with E-state index in [1.54, 1.807) is 0 Å². The van der Waals surface area contributed by atoms with Crippen LogP contribution in [0.15, 0.2) is 18.2 Å². The second-order valence-electron chi connectivity index (χ2n) is 5.48. The van der Waals surface area contributed by atoms with Gasteiger partial charge < -0.3 is 15.2 Å². The summed E-state index contributed by atoms with van der Waals surface area (Å²) in [5.74, 6) is -1.97. The number of carbonyl (C=O) groups is 2. The lowest BCUT2D eigenvalue weighted by molar-refractivity contribution is -0.308. The largest absolute Gasteiger partial charge is 0.550 e. The fourth-order valence-corrected chi connectivity index (χ4v) is 2.38. The van der Waals surface area contributed by atoms with E-state index in [4.69, 9.17) is 0 Å². The van der Waals surface area contributed by atoms with Gasteiger partial charge in [0.2, 0.25) is 5.91 Å². The number of carboxylic acids is 1. The van der Waals surface area contributed by atoms with Crippen molar-refractivity contribution in [2.45, 2.75) is 33.1 Å². The number of nitrogens with one attached hydrogen (secondary N) is 1. The molecule has 1 N–H and O–H groups in total. The number of hydrogen-bond acceptors (Lipinski definition) is 3. The highest BCUT2D eigenvalue weighted by Gasteiger charge is 2.43. The molecule has 1 saturated carbocycles. The smallest absolute Gasteiger partial charge is 0.228 e. The minimum absolute atomic E-state index is 0.231. The van der Waals surface area contributed by atoms with Crippen LogP contribution in [0.4, 0.5) is 5.69 Å². The van der Waals surface area contributed by atoms with Crippen LogP contribution in [0.2, 0.25) is 0 Å². The summed E-state index contributed by atoms with van der Waals surface area (Å²) in [5.41, 5.74) is 3.09. The molecule has 1 fully saturated rings. The Bertz CT molecular complexity index is 522. The average Bonchev–Trinajstić information content (AvgIpc) is 3.08. The third-order valence-electron chi connectivity index (χ3n) is 3.59. The number of aliphatic carboxylic acids is 1. The van der Waals surface area contributed by atoms with Gasteiger partial charge in [-0.05, 0) is 42.5 Å². The number of anilines is 1. The Morgan fingerprint density at radius 2 is 2.00 bits per heavy atom. The molecule has 102 valence electrons. The number of carbonyl (C=O) groups excluding carboxylic acids is 2. The fraction of sp³-hybridized carbons (Fsp3) is 0.467. The summed E-state index contributed by atoms with van der Waals surface area (Å²) in [5, 5.41) is 13.4. The molecular weight excluding hydrogens is 242 g/mol. The molecule has 4 heteroatoms. The highest BCUT2D eigenvalue weighted by atomic mass is 16.4. The fourth-order valence-electron chi connectivity index (χ4n) is 2.38. The maximum atomic E-state index is 11.8. The Labute approximate surface area is 112 Å². The molecule has 1 amide bonds. The third kappa shape index (κ3) is 2.95. The molecule has 0 unspecified atom stereocenters. The van der Waals surface area contributed by atoms with Crippen molar-refractivity contribution in [2.75, 3.05) is 5.32 Å². The van der Waals surface area contributed by atoms with Gasteiger partial charge >= 0.3 is 0 Å². The third-order valence-corrected chi connectivity index (χ3v) is 3.59. The number of aryl methyl sites for hydroxylation is 1. The molecule has 0 bridgehead atoms. The summed E-state index contributed by atoms with van der Waals surface area (Å²) in [6.45, 7) is 6.25. The summed E-state index contributed by atoms with van der Waals surface area (Å²) in [6, 6.07) is 5.78. The molecule has 0 spiro atoms. The average molecular weight is 260 g/mol. The zero-order valence-corrected chi connectivity index (χ0v) is 11.4. The van der Waals surface area contributed by atoms with Crippen molar-refractivity contribution >= 4 is 17.6 Å². The van der Waals surface area contributed by atoms with Crippen LogP contribution in [0.1, 0.15) is 37.3 Å². The van der Waals surface area contributed by atoms with Crippen LogP contribution in [0, 0.1) is 18.8 Å². The highest BCUT2D eigenvalue weighted by Crippen LogP contribution is 2.38. The van der Waals surface area contributed by atoms with E-state index < -0.39 is 17.8 Å². The van der Waals surface area contributed by atoms with Crippen molar-refractivity contribution in [1.82, 2.24) is 0 Å². The Morgan fingerprint density at radius 3 is 2.47 bits per heavy atom. The predicted octanol–water partition coefficient (Wildman–Crippen LogP) is 1.44. The second kappa shape index (κ2) is 5.03. The minimum Gasteiger partial charge on any atom is -0.550 e. The van der Waals surface area contributed by atoms with Gasteiger partial charge in [0.15, 0.2) is 0 Å². The van der Waals surface area contributed by atoms with Crippen LogP contribution < -0.4 is 10.4 Å². The number of benzene rings is 1. The molecule has 0 saturated heterocycles. The number of hydrogen-bond donors (Lipinski definition) is 1. The van der Waals surface area contributed by atoms with E-state index >= 15 is 0 Å². The van der Waals surface area contributed by atoms with Crippen molar-refractivity contribution in [3.63, 3.8) is 0 Å². The summed E-state index contributed by atoms with van der Waals surface area (Å²) >= 11 is 0. The molecule has 4 nitrogen and oxygen atoms in total. The predicted molar refractivity (Wildman–Crippen MR) is 70.5 cm³/mol. The van der Waals surface area contributed by atoms with Gasteiger partial charge in [0.1, 0.15) is 0 Å². The zero-order chi connectivity index (χ0) is 14.2. The standard InChI is InChI=1S/C15H19NO3/c1-8(2)11-5-4-10(6-9(11)3)16-14(17)12-7-13(12)15(18)19/h4-6,8,12-13H,7H2,1-3H3,(H,16,17)(H,18,19)/p-1/t12-,13-/m0/s1. The lowest BCUT2D eigenvalue weighted by atomic mass is 9.97. The van der Waals surface area contributed by atoms with Crippen molar-refractivity contribution in [3.8, 4) is 0 Å². The Morgan fingerprint density at radius 1 is 1.32 bits per heavy atom. The van der Waals surface area contributed by atoms with E-state index in [0.717, 1.165) is 11.3 Å². The molecule has 0 aromatic heterocycles. The molecule has 2 rings (SSSR count). The SMILES string of the molecule is Cc1cc(NC(=O)[C@H]2C[C@@H]2C(=O)[O-])ccc1C(C)C. The lowest BCUT2D eigenvalue weighted by Crippen LogP contribution is -2.27. The molecule has 0 heterocycles. The van der Waals surface area contributed by atoms with Gasteiger partial charge in [0, 0.05) is 23.5 Å². The van der Waals surface area contributed by atoms with Gasteiger partial charge in [-0.25, -0.2) is 0 Å². The van der Waals surface area contributed by atoms with Crippen molar-refractivity contribution in [3.05, 3.63) is 29.3 Å². The summed E-state index contributed by atoms with van der Waals surface area (Å²) in [6.07, 6.45) is 0.386. The molecule has 0 radical (unpaired) electrons. The highest BCUT2D eigenvalue weighted by molar-refractivity contribution is 5.98. The monoisotopic (exact) mass is 260 g/mol. The Kier molecular flexibility index (Phi) is 3.60. The first-order valence-corrected chi connectivity index (χ1v) is 6.52. The Hall–Kier alpha value is -1.84. The van der Waals surface area contributed by atoms with Gasteiger partial charge in [-0.15, -0.1) is 0 Å². The molecule has 1 aromatic rings.